The summed E-state index contributed by atoms with van der Waals surface area (Å²) in [5.41, 5.74) is 7.35. The minimum Gasteiger partial charge on any atom is -0.396 e. The van der Waals surface area contributed by atoms with Crippen molar-refractivity contribution in [2.45, 2.75) is 12.8 Å². The fourth-order valence-corrected chi connectivity index (χ4v) is 1.40. The maximum atomic E-state index is 8.96. The molecule has 0 aliphatic rings. The van der Waals surface area contributed by atoms with Gasteiger partial charge < -0.3 is 10.8 Å². The number of rotatable bonds is 5. The predicted octanol–water partition coefficient (Wildman–Crippen LogP) is 1.06. The number of aliphatic hydroxyl groups excluding tert-OH is 1. The van der Waals surface area contributed by atoms with E-state index in [4.69, 9.17) is 16.1 Å². The van der Waals surface area contributed by atoms with E-state index in [1.807, 2.05) is 24.3 Å². The molecule has 1 rings (SSSR count). The Hall–Kier alpha value is -1.37. The van der Waals surface area contributed by atoms with Crippen LogP contribution in [0.4, 0.5) is 0 Å². The third-order valence-corrected chi connectivity index (χ3v) is 2.52. The Morgan fingerprint density at radius 3 is 2.47 bits per heavy atom. The lowest BCUT2D eigenvalue weighted by Crippen LogP contribution is -2.18. The van der Waals surface area contributed by atoms with E-state index in [9.17, 15) is 0 Å². The van der Waals surface area contributed by atoms with E-state index in [2.05, 4.69) is 6.07 Å². The number of benzene rings is 1. The van der Waals surface area contributed by atoms with E-state index in [1.165, 1.54) is 5.56 Å². The summed E-state index contributed by atoms with van der Waals surface area (Å²) in [4.78, 5) is 0. The summed E-state index contributed by atoms with van der Waals surface area (Å²) in [7, 11) is 0. The van der Waals surface area contributed by atoms with Gasteiger partial charge in [0.2, 0.25) is 0 Å². The molecule has 1 aromatic carbocycles. The van der Waals surface area contributed by atoms with E-state index in [0.717, 1.165) is 12.8 Å². The first-order valence-corrected chi connectivity index (χ1v) is 5.10. The van der Waals surface area contributed by atoms with Crippen LogP contribution in [0.15, 0.2) is 24.3 Å². The van der Waals surface area contributed by atoms with Crippen LogP contribution in [0.2, 0.25) is 0 Å². The van der Waals surface area contributed by atoms with Crippen molar-refractivity contribution < 1.29 is 5.11 Å². The molecule has 3 nitrogen and oxygen atoms in total. The lowest BCUT2D eigenvalue weighted by Gasteiger charge is -2.10. The van der Waals surface area contributed by atoms with Crippen LogP contribution in [0.1, 0.15) is 17.5 Å². The lowest BCUT2D eigenvalue weighted by atomic mass is 10.00. The Bertz CT molecular complexity index is 322. The number of aliphatic hydroxyl groups is 1. The lowest BCUT2D eigenvalue weighted by molar-refractivity contribution is 0.223. The van der Waals surface area contributed by atoms with Gasteiger partial charge >= 0.3 is 0 Å². The van der Waals surface area contributed by atoms with Crippen molar-refractivity contribution in [3.63, 3.8) is 0 Å². The largest absolute Gasteiger partial charge is 0.396 e. The van der Waals surface area contributed by atoms with Gasteiger partial charge in [-0.25, -0.2) is 0 Å². The highest BCUT2D eigenvalue weighted by atomic mass is 16.3. The van der Waals surface area contributed by atoms with Crippen molar-refractivity contribution in [1.29, 1.82) is 5.26 Å². The molecule has 1 unspecified atom stereocenters. The zero-order chi connectivity index (χ0) is 11.1. The number of hydrogen-bond acceptors (Lipinski definition) is 3. The highest BCUT2D eigenvalue weighted by Crippen LogP contribution is 2.10. The average Bonchev–Trinajstić information content (AvgIpc) is 2.31. The summed E-state index contributed by atoms with van der Waals surface area (Å²) in [5, 5.41) is 17.6. The van der Waals surface area contributed by atoms with Crippen molar-refractivity contribution in [1.82, 2.24) is 0 Å². The molecular weight excluding hydrogens is 188 g/mol. The Morgan fingerprint density at radius 2 is 2.00 bits per heavy atom. The number of aryl methyl sites for hydroxylation is 1. The fourth-order valence-electron chi connectivity index (χ4n) is 1.40. The molecule has 0 aromatic heterocycles. The monoisotopic (exact) mass is 204 g/mol. The van der Waals surface area contributed by atoms with Gasteiger partial charge in [-0.3, -0.25) is 0 Å². The molecule has 0 radical (unpaired) electrons. The van der Waals surface area contributed by atoms with Gasteiger partial charge in [-0.2, -0.15) is 5.26 Å². The van der Waals surface area contributed by atoms with Crippen LogP contribution in [-0.4, -0.2) is 18.3 Å². The normalized spacial score (nSPS) is 12.1. The molecule has 0 saturated carbocycles. The Kier molecular flexibility index (Phi) is 4.82. The van der Waals surface area contributed by atoms with Crippen LogP contribution in [0.5, 0.6) is 0 Å². The summed E-state index contributed by atoms with van der Waals surface area (Å²) in [6, 6.07) is 9.60. The highest BCUT2D eigenvalue weighted by molar-refractivity contribution is 5.31. The van der Waals surface area contributed by atoms with Crippen LogP contribution in [0.3, 0.4) is 0 Å². The van der Waals surface area contributed by atoms with Gasteiger partial charge in [0.1, 0.15) is 0 Å². The first kappa shape index (κ1) is 11.7. The third kappa shape index (κ3) is 3.70. The topological polar surface area (TPSA) is 70.0 Å². The SMILES string of the molecule is N#Cc1ccc(CCC(CN)CO)cc1. The summed E-state index contributed by atoms with van der Waals surface area (Å²) >= 11 is 0. The zero-order valence-electron chi connectivity index (χ0n) is 8.69. The molecule has 3 N–H and O–H groups in total. The zero-order valence-corrected chi connectivity index (χ0v) is 8.69. The Balaban J connectivity index is 2.48. The molecule has 0 fully saturated rings. The van der Waals surface area contributed by atoms with Gasteiger partial charge in [0.15, 0.2) is 0 Å². The maximum absolute atomic E-state index is 8.96. The van der Waals surface area contributed by atoms with Crippen molar-refractivity contribution in [2.24, 2.45) is 11.7 Å². The summed E-state index contributed by atoms with van der Waals surface area (Å²) < 4.78 is 0. The molecule has 0 amide bonds. The van der Waals surface area contributed by atoms with Crippen molar-refractivity contribution >= 4 is 0 Å². The molecule has 0 aliphatic carbocycles. The van der Waals surface area contributed by atoms with Gasteiger partial charge in [0.05, 0.1) is 11.6 Å². The molecule has 1 atom stereocenters. The third-order valence-electron chi connectivity index (χ3n) is 2.52. The van der Waals surface area contributed by atoms with Gasteiger partial charge in [0, 0.05) is 6.61 Å². The molecule has 1 aromatic rings. The minimum absolute atomic E-state index is 0.146. The number of nitriles is 1. The molecule has 0 aliphatic heterocycles. The van der Waals surface area contributed by atoms with Crippen molar-refractivity contribution in [2.75, 3.05) is 13.2 Å². The van der Waals surface area contributed by atoms with Crippen molar-refractivity contribution in [3.8, 4) is 6.07 Å². The predicted molar refractivity (Wildman–Crippen MR) is 59.1 cm³/mol. The van der Waals surface area contributed by atoms with Gasteiger partial charge in [-0.05, 0) is 43.0 Å². The standard InChI is InChI=1S/C12H16N2O/c13-7-11-4-1-10(2-5-11)3-6-12(8-14)9-15/h1-2,4-5,12,15H,3,6,8-9,14H2. The van der Waals surface area contributed by atoms with Crippen LogP contribution >= 0.6 is 0 Å². The van der Waals surface area contributed by atoms with Crippen LogP contribution < -0.4 is 5.73 Å². The number of nitrogens with zero attached hydrogens (tertiary/aromatic N) is 1. The Morgan fingerprint density at radius 1 is 1.33 bits per heavy atom. The van der Waals surface area contributed by atoms with Gasteiger partial charge in [-0.1, -0.05) is 12.1 Å². The first-order valence-electron chi connectivity index (χ1n) is 5.10. The van der Waals surface area contributed by atoms with E-state index in [-0.39, 0.29) is 12.5 Å². The van der Waals surface area contributed by atoms with Crippen LogP contribution in [-0.2, 0) is 6.42 Å². The second kappa shape index (κ2) is 6.18. The minimum atomic E-state index is 0.146. The van der Waals surface area contributed by atoms with Crippen LogP contribution in [0, 0.1) is 17.2 Å². The molecule has 0 saturated heterocycles. The summed E-state index contributed by atoms with van der Waals surface area (Å²) in [6.45, 7) is 0.666. The molecule has 0 bridgehead atoms. The molecule has 15 heavy (non-hydrogen) atoms. The smallest absolute Gasteiger partial charge is 0.0991 e. The number of nitrogens with two attached hydrogens (primary N) is 1. The molecule has 0 spiro atoms. The van der Waals surface area contributed by atoms with E-state index < -0.39 is 0 Å². The maximum Gasteiger partial charge on any atom is 0.0991 e. The average molecular weight is 204 g/mol. The van der Waals surface area contributed by atoms with Crippen LogP contribution in [0.25, 0.3) is 0 Å². The molecule has 3 heteroatoms. The summed E-state index contributed by atoms with van der Waals surface area (Å²) in [5.74, 6) is 0.181. The molecular formula is C12H16N2O. The second-order valence-electron chi connectivity index (χ2n) is 3.63. The molecule has 0 heterocycles. The second-order valence-corrected chi connectivity index (χ2v) is 3.63. The fraction of sp³-hybridized carbons (Fsp3) is 0.417. The van der Waals surface area contributed by atoms with E-state index in [0.29, 0.717) is 12.1 Å². The van der Waals surface area contributed by atoms with E-state index >= 15 is 0 Å². The number of hydrogen-bond donors (Lipinski definition) is 2. The van der Waals surface area contributed by atoms with E-state index in [1.54, 1.807) is 0 Å². The first-order chi connectivity index (χ1) is 7.30. The van der Waals surface area contributed by atoms with Gasteiger partial charge in [-0.15, -0.1) is 0 Å². The van der Waals surface area contributed by atoms with Gasteiger partial charge in [0.25, 0.3) is 0 Å². The summed E-state index contributed by atoms with van der Waals surface area (Å²) in [6.07, 6.45) is 1.78. The van der Waals surface area contributed by atoms with Crippen molar-refractivity contribution in [3.05, 3.63) is 35.4 Å². The highest BCUT2D eigenvalue weighted by Gasteiger charge is 2.04. The molecule has 80 valence electrons. The Labute approximate surface area is 90.1 Å². The quantitative estimate of drug-likeness (QED) is 0.753.